The standard InChI is InChI=1S/C21H22F3NO3/c1-14-3-4-15(2)18(11-14)19(26)9-10-20(27)25-12-16-5-7-17(8-6-16)28-13-21(22,23)24/h3-8,11H,9-10,12-13H2,1-2H3,(H,25,27). The fraction of sp³-hybridized carbons (Fsp3) is 0.333. The first kappa shape index (κ1) is 21.5. The van der Waals surface area contributed by atoms with Crippen LogP contribution in [-0.2, 0) is 11.3 Å². The lowest BCUT2D eigenvalue weighted by Crippen LogP contribution is -2.23. The van der Waals surface area contributed by atoms with E-state index >= 15 is 0 Å². The van der Waals surface area contributed by atoms with Gasteiger partial charge >= 0.3 is 6.18 Å². The first-order valence-corrected chi connectivity index (χ1v) is 8.80. The van der Waals surface area contributed by atoms with Gasteiger partial charge in [-0.15, -0.1) is 0 Å². The Morgan fingerprint density at radius 3 is 2.32 bits per heavy atom. The van der Waals surface area contributed by atoms with Crippen molar-refractivity contribution in [3.05, 3.63) is 64.7 Å². The topological polar surface area (TPSA) is 55.4 Å². The van der Waals surface area contributed by atoms with E-state index in [2.05, 4.69) is 10.1 Å². The van der Waals surface area contributed by atoms with Crippen molar-refractivity contribution in [3.8, 4) is 5.75 Å². The van der Waals surface area contributed by atoms with Crippen LogP contribution in [0.4, 0.5) is 13.2 Å². The van der Waals surface area contributed by atoms with Crippen molar-refractivity contribution in [2.45, 2.75) is 39.4 Å². The molecular formula is C21H22F3NO3. The van der Waals surface area contributed by atoms with Crippen LogP contribution in [0.2, 0.25) is 0 Å². The van der Waals surface area contributed by atoms with Gasteiger partial charge in [-0.2, -0.15) is 13.2 Å². The summed E-state index contributed by atoms with van der Waals surface area (Å²) in [5.74, 6) is -0.245. The Bertz CT molecular complexity index is 830. The van der Waals surface area contributed by atoms with Gasteiger partial charge in [0.15, 0.2) is 12.4 Å². The molecule has 1 N–H and O–H groups in total. The molecule has 2 rings (SSSR count). The number of amides is 1. The summed E-state index contributed by atoms with van der Waals surface area (Å²) in [6.07, 6.45) is -4.21. The maximum atomic E-state index is 12.3. The molecule has 0 saturated heterocycles. The van der Waals surface area contributed by atoms with Crippen molar-refractivity contribution in [1.82, 2.24) is 5.32 Å². The van der Waals surface area contributed by atoms with E-state index in [1.807, 2.05) is 32.0 Å². The Morgan fingerprint density at radius 2 is 1.68 bits per heavy atom. The molecule has 0 radical (unpaired) electrons. The van der Waals surface area contributed by atoms with E-state index in [9.17, 15) is 22.8 Å². The molecule has 0 heterocycles. The van der Waals surface area contributed by atoms with E-state index in [1.54, 1.807) is 12.1 Å². The van der Waals surface area contributed by atoms with E-state index in [-0.39, 0.29) is 36.8 Å². The molecule has 0 atom stereocenters. The second kappa shape index (κ2) is 9.39. The van der Waals surface area contributed by atoms with Crippen molar-refractivity contribution in [3.63, 3.8) is 0 Å². The zero-order chi connectivity index (χ0) is 20.7. The third-order valence-corrected chi connectivity index (χ3v) is 4.09. The minimum atomic E-state index is -4.39. The largest absolute Gasteiger partial charge is 0.484 e. The lowest BCUT2D eigenvalue weighted by atomic mass is 9.99. The summed E-state index contributed by atoms with van der Waals surface area (Å²) < 4.78 is 41.0. The number of rotatable bonds is 8. The summed E-state index contributed by atoms with van der Waals surface area (Å²) in [6.45, 7) is 2.63. The number of benzene rings is 2. The number of hydrogen-bond donors (Lipinski definition) is 1. The number of halogens is 3. The maximum Gasteiger partial charge on any atom is 0.422 e. The lowest BCUT2D eigenvalue weighted by molar-refractivity contribution is -0.153. The van der Waals surface area contributed by atoms with Gasteiger partial charge < -0.3 is 10.1 Å². The molecule has 7 heteroatoms. The normalized spacial score (nSPS) is 11.2. The Labute approximate surface area is 161 Å². The first-order chi connectivity index (χ1) is 13.1. The Kier molecular flexibility index (Phi) is 7.20. The van der Waals surface area contributed by atoms with Gasteiger partial charge in [0.25, 0.3) is 0 Å². The summed E-state index contributed by atoms with van der Waals surface area (Å²) in [5, 5.41) is 2.70. The average Bonchev–Trinajstić information content (AvgIpc) is 2.65. The van der Waals surface area contributed by atoms with Crippen molar-refractivity contribution in [2.24, 2.45) is 0 Å². The Hall–Kier alpha value is -2.83. The van der Waals surface area contributed by atoms with E-state index < -0.39 is 12.8 Å². The van der Waals surface area contributed by atoms with Gasteiger partial charge in [0.1, 0.15) is 5.75 Å². The third kappa shape index (κ3) is 7.06. The molecule has 0 aliphatic carbocycles. The van der Waals surface area contributed by atoms with E-state index in [0.717, 1.165) is 11.1 Å². The zero-order valence-corrected chi connectivity index (χ0v) is 15.7. The number of carbonyl (C=O) groups excluding carboxylic acids is 2. The number of Topliss-reactive ketones (excluding diaryl/α,β-unsaturated/α-hetero) is 1. The minimum absolute atomic E-state index is 0.0684. The second-order valence-corrected chi connectivity index (χ2v) is 6.57. The molecule has 1 amide bonds. The monoisotopic (exact) mass is 393 g/mol. The number of nitrogens with one attached hydrogen (secondary N) is 1. The van der Waals surface area contributed by atoms with Gasteiger partial charge in [-0.05, 0) is 43.2 Å². The van der Waals surface area contributed by atoms with Crippen LogP contribution in [0.15, 0.2) is 42.5 Å². The quantitative estimate of drug-likeness (QED) is 0.671. The van der Waals surface area contributed by atoms with Gasteiger partial charge in [-0.1, -0.05) is 29.8 Å². The Balaban J connectivity index is 1.77. The molecule has 0 spiro atoms. The van der Waals surface area contributed by atoms with Crippen LogP contribution < -0.4 is 10.1 Å². The highest BCUT2D eigenvalue weighted by Gasteiger charge is 2.28. The van der Waals surface area contributed by atoms with Crippen LogP contribution in [0, 0.1) is 13.8 Å². The fourth-order valence-electron chi connectivity index (χ4n) is 2.56. The van der Waals surface area contributed by atoms with Gasteiger partial charge in [0.2, 0.25) is 5.91 Å². The van der Waals surface area contributed by atoms with E-state index in [1.165, 1.54) is 12.1 Å². The highest BCUT2D eigenvalue weighted by molar-refractivity contribution is 5.99. The van der Waals surface area contributed by atoms with Gasteiger partial charge in [0, 0.05) is 24.9 Å². The Morgan fingerprint density at radius 1 is 1.00 bits per heavy atom. The highest BCUT2D eigenvalue weighted by Crippen LogP contribution is 2.19. The van der Waals surface area contributed by atoms with E-state index in [0.29, 0.717) is 11.1 Å². The molecule has 28 heavy (non-hydrogen) atoms. The summed E-state index contributed by atoms with van der Waals surface area (Å²) in [6, 6.07) is 11.6. The lowest BCUT2D eigenvalue weighted by Gasteiger charge is -2.10. The first-order valence-electron chi connectivity index (χ1n) is 8.80. The van der Waals surface area contributed by atoms with Crippen molar-refractivity contribution in [1.29, 1.82) is 0 Å². The average molecular weight is 393 g/mol. The van der Waals surface area contributed by atoms with E-state index in [4.69, 9.17) is 0 Å². The molecular weight excluding hydrogens is 371 g/mol. The second-order valence-electron chi connectivity index (χ2n) is 6.57. The number of alkyl halides is 3. The molecule has 0 fully saturated rings. The zero-order valence-electron chi connectivity index (χ0n) is 15.7. The van der Waals surface area contributed by atoms with Crippen LogP contribution in [0.25, 0.3) is 0 Å². The van der Waals surface area contributed by atoms with Gasteiger partial charge in [-0.25, -0.2) is 0 Å². The highest BCUT2D eigenvalue weighted by atomic mass is 19.4. The number of aryl methyl sites for hydroxylation is 2. The van der Waals surface area contributed by atoms with Crippen LogP contribution in [0.5, 0.6) is 5.75 Å². The molecule has 0 bridgehead atoms. The predicted octanol–water partition coefficient (Wildman–Crippen LogP) is 4.52. The molecule has 0 aliphatic heterocycles. The number of carbonyl (C=O) groups is 2. The molecule has 0 unspecified atom stereocenters. The molecule has 0 saturated carbocycles. The summed E-state index contributed by atoms with van der Waals surface area (Å²) >= 11 is 0. The molecule has 4 nitrogen and oxygen atoms in total. The number of hydrogen-bond acceptors (Lipinski definition) is 3. The minimum Gasteiger partial charge on any atom is -0.484 e. The molecule has 150 valence electrons. The van der Waals surface area contributed by atoms with Crippen LogP contribution >= 0.6 is 0 Å². The van der Waals surface area contributed by atoms with Crippen molar-refractivity contribution < 1.29 is 27.5 Å². The van der Waals surface area contributed by atoms with Gasteiger partial charge in [0.05, 0.1) is 0 Å². The van der Waals surface area contributed by atoms with Crippen molar-refractivity contribution >= 4 is 11.7 Å². The number of ether oxygens (including phenoxy) is 1. The summed E-state index contributed by atoms with van der Waals surface area (Å²) in [5.41, 5.74) is 3.21. The molecule has 0 aromatic heterocycles. The molecule has 0 aliphatic rings. The smallest absolute Gasteiger partial charge is 0.422 e. The van der Waals surface area contributed by atoms with Gasteiger partial charge in [-0.3, -0.25) is 9.59 Å². The van der Waals surface area contributed by atoms with Crippen molar-refractivity contribution in [2.75, 3.05) is 6.61 Å². The maximum absolute atomic E-state index is 12.3. The van der Waals surface area contributed by atoms with Crippen LogP contribution in [0.3, 0.4) is 0 Å². The van der Waals surface area contributed by atoms with Crippen LogP contribution in [-0.4, -0.2) is 24.5 Å². The summed E-state index contributed by atoms with van der Waals surface area (Å²) in [4.78, 5) is 24.3. The molecule has 2 aromatic carbocycles. The fourth-order valence-corrected chi connectivity index (χ4v) is 2.56. The summed E-state index contributed by atoms with van der Waals surface area (Å²) in [7, 11) is 0. The third-order valence-electron chi connectivity index (χ3n) is 4.09. The SMILES string of the molecule is Cc1ccc(C)c(C(=O)CCC(=O)NCc2ccc(OCC(F)(F)F)cc2)c1. The number of ketones is 1. The molecule has 2 aromatic rings. The van der Waals surface area contributed by atoms with Crippen LogP contribution in [0.1, 0.15) is 39.9 Å². The predicted molar refractivity (Wildman–Crippen MR) is 99.3 cm³/mol.